The minimum Gasteiger partial charge on any atom is -0.444 e. The fraction of sp³-hybridized carbons (Fsp3) is 0.348. The number of aliphatic imine (C=N–C) groups is 1. The Hall–Kier alpha value is -3.35. The predicted molar refractivity (Wildman–Crippen MR) is 116 cm³/mol. The van der Waals surface area contributed by atoms with Crippen LogP contribution in [0, 0.1) is 0 Å². The van der Waals surface area contributed by atoms with Gasteiger partial charge in [0.2, 0.25) is 0 Å². The Labute approximate surface area is 176 Å². The zero-order chi connectivity index (χ0) is 21.6. The quantitative estimate of drug-likeness (QED) is 0.685. The van der Waals surface area contributed by atoms with E-state index in [4.69, 9.17) is 4.74 Å². The van der Waals surface area contributed by atoms with E-state index >= 15 is 0 Å². The first-order valence-electron chi connectivity index (χ1n) is 10.0. The van der Waals surface area contributed by atoms with Crippen LogP contribution in [-0.4, -0.2) is 35.5 Å². The van der Waals surface area contributed by atoms with Crippen molar-refractivity contribution in [1.82, 2.24) is 16.2 Å². The van der Waals surface area contributed by atoms with Crippen LogP contribution in [0.2, 0.25) is 0 Å². The highest BCUT2D eigenvalue weighted by Gasteiger charge is 2.29. The van der Waals surface area contributed by atoms with E-state index in [1.807, 2.05) is 81.4 Å². The maximum Gasteiger partial charge on any atom is 0.408 e. The number of nitrogens with one attached hydrogen (secondary N) is 3. The number of amidine groups is 1. The average Bonchev–Trinajstić information content (AvgIpc) is 2.69. The summed E-state index contributed by atoms with van der Waals surface area (Å²) in [5.74, 6) is 0.281. The van der Waals surface area contributed by atoms with Crippen molar-refractivity contribution in [3.8, 4) is 0 Å². The van der Waals surface area contributed by atoms with E-state index in [-0.39, 0.29) is 5.91 Å². The Balaban J connectivity index is 1.82. The molecule has 7 nitrogen and oxygen atoms in total. The van der Waals surface area contributed by atoms with Gasteiger partial charge in [-0.05, 0) is 31.9 Å². The van der Waals surface area contributed by atoms with Gasteiger partial charge >= 0.3 is 6.09 Å². The molecule has 3 rings (SSSR count). The van der Waals surface area contributed by atoms with E-state index in [1.165, 1.54) is 0 Å². The summed E-state index contributed by atoms with van der Waals surface area (Å²) in [6, 6.07) is 18.4. The van der Waals surface area contributed by atoms with Gasteiger partial charge < -0.3 is 10.1 Å². The molecule has 0 saturated heterocycles. The number of hydrazine groups is 1. The second-order valence-corrected chi connectivity index (χ2v) is 8.22. The fourth-order valence-electron chi connectivity index (χ4n) is 3.14. The molecule has 2 amide bonds. The highest BCUT2D eigenvalue weighted by atomic mass is 16.6. The number of nitrogens with zero attached hydrogens (tertiary/aromatic N) is 1. The lowest BCUT2D eigenvalue weighted by atomic mass is 10.0. The standard InChI is InChI=1S/C23H28N4O3/c1-23(2,3)30-22(29)25-18(14-16-10-6-4-7-11-16)20-24-19(21(28)27-26-20)15-17-12-8-5-9-13-17/h4-13,18-19H,14-15H2,1-3H3,(H,24,26)(H,25,29)(H,27,28)/t18-,19-/m0/s1. The van der Waals surface area contributed by atoms with Gasteiger partial charge in [-0.3, -0.25) is 20.6 Å². The Morgan fingerprint density at radius 1 is 1.03 bits per heavy atom. The molecule has 0 unspecified atom stereocenters. The van der Waals surface area contributed by atoms with Crippen LogP contribution < -0.4 is 16.2 Å². The van der Waals surface area contributed by atoms with Gasteiger partial charge in [0.1, 0.15) is 17.5 Å². The summed E-state index contributed by atoms with van der Waals surface area (Å²) < 4.78 is 5.42. The smallest absolute Gasteiger partial charge is 0.408 e. The number of carbonyl (C=O) groups excluding carboxylic acids is 2. The summed E-state index contributed by atoms with van der Waals surface area (Å²) in [5, 5.41) is 2.89. The third-order valence-electron chi connectivity index (χ3n) is 4.49. The Morgan fingerprint density at radius 3 is 2.23 bits per heavy atom. The SMILES string of the molecule is CC(C)(C)OC(=O)N[C@@H](Cc1ccccc1)C1=N[C@@H](Cc2ccccc2)C(=O)NN1. The Morgan fingerprint density at radius 2 is 1.63 bits per heavy atom. The van der Waals surface area contributed by atoms with Gasteiger partial charge in [0.15, 0.2) is 0 Å². The van der Waals surface area contributed by atoms with Crippen LogP contribution in [-0.2, 0) is 22.4 Å². The third-order valence-corrected chi connectivity index (χ3v) is 4.49. The number of ether oxygens (including phenoxy) is 1. The molecule has 2 aromatic rings. The zero-order valence-corrected chi connectivity index (χ0v) is 17.5. The molecular weight excluding hydrogens is 380 g/mol. The number of benzene rings is 2. The molecule has 1 heterocycles. The lowest BCUT2D eigenvalue weighted by Gasteiger charge is -2.29. The fourth-order valence-corrected chi connectivity index (χ4v) is 3.14. The third kappa shape index (κ3) is 6.34. The Kier molecular flexibility index (Phi) is 6.72. The normalized spacial score (nSPS) is 17.2. The van der Waals surface area contributed by atoms with Crippen molar-refractivity contribution in [3.05, 3.63) is 71.8 Å². The van der Waals surface area contributed by atoms with Crippen LogP contribution in [0.4, 0.5) is 4.79 Å². The molecule has 1 aliphatic rings. The molecule has 3 N–H and O–H groups in total. The topological polar surface area (TPSA) is 91.8 Å². The summed E-state index contributed by atoms with van der Waals surface area (Å²) in [5.41, 5.74) is 6.96. The van der Waals surface area contributed by atoms with Gasteiger partial charge in [-0.2, -0.15) is 0 Å². The second kappa shape index (κ2) is 9.43. The molecule has 0 fully saturated rings. The number of hydrogen-bond donors (Lipinski definition) is 3. The van der Waals surface area contributed by atoms with Crippen LogP contribution >= 0.6 is 0 Å². The molecule has 0 aliphatic carbocycles. The van der Waals surface area contributed by atoms with Gasteiger partial charge in [-0.25, -0.2) is 4.79 Å². The molecule has 0 saturated carbocycles. The molecule has 0 spiro atoms. The van der Waals surface area contributed by atoms with Gasteiger partial charge in [-0.1, -0.05) is 60.7 Å². The van der Waals surface area contributed by atoms with Crippen molar-refractivity contribution in [2.45, 2.75) is 51.3 Å². The highest BCUT2D eigenvalue weighted by molar-refractivity contribution is 5.97. The molecule has 0 radical (unpaired) electrons. The van der Waals surface area contributed by atoms with E-state index in [0.717, 1.165) is 11.1 Å². The first-order valence-corrected chi connectivity index (χ1v) is 10.0. The molecule has 1 aliphatic heterocycles. The van der Waals surface area contributed by atoms with E-state index in [2.05, 4.69) is 21.2 Å². The number of amides is 2. The summed E-state index contributed by atoms with van der Waals surface area (Å²) in [6.07, 6.45) is 0.437. The highest BCUT2D eigenvalue weighted by Crippen LogP contribution is 2.12. The van der Waals surface area contributed by atoms with Gasteiger partial charge in [-0.15, -0.1) is 0 Å². The van der Waals surface area contributed by atoms with Gasteiger partial charge in [0.05, 0.1) is 6.04 Å². The first kappa shape index (κ1) is 21.4. The summed E-state index contributed by atoms with van der Waals surface area (Å²) in [4.78, 5) is 29.4. The van der Waals surface area contributed by atoms with Gasteiger partial charge in [0, 0.05) is 12.8 Å². The molecule has 0 aromatic heterocycles. The molecule has 0 bridgehead atoms. The van der Waals surface area contributed by atoms with Crippen LogP contribution in [0.3, 0.4) is 0 Å². The molecular formula is C23H28N4O3. The van der Waals surface area contributed by atoms with Crippen molar-refractivity contribution in [1.29, 1.82) is 0 Å². The largest absolute Gasteiger partial charge is 0.444 e. The lowest BCUT2D eigenvalue weighted by Crippen LogP contribution is -2.59. The van der Waals surface area contributed by atoms with Crippen molar-refractivity contribution >= 4 is 17.8 Å². The minimum absolute atomic E-state index is 0.210. The van der Waals surface area contributed by atoms with E-state index < -0.39 is 23.8 Å². The monoisotopic (exact) mass is 408 g/mol. The van der Waals surface area contributed by atoms with E-state index in [1.54, 1.807) is 0 Å². The molecule has 2 atom stereocenters. The predicted octanol–water partition coefficient (Wildman–Crippen LogP) is 2.77. The zero-order valence-electron chi connectivity index (χ0n) is 17.5. The molecule has 2 aromatic carbocycles. The van der Waals surface area contributed by atoms with Gasteiger partial charge in [0.25, 0.3) is 5.91 Å². The van der Waals surface area contributed by atoms with Crippen LogP contribution in [0.15, 0.2) is 65.7 Å². The Bertz CT molecular complexity index is 892. The van der Waals surface area contributed by atoms with Crippen LogP contribution in [0.25, 0.3) is 0 Å². The molecule has 158 valence electrons. The van der Waals surface area contributed by atoms with E-state index in [0.29, 0.717) is 18.7 Å². The summed E-state index contributed by atoms with van der Waals surface area (Å²) in [6.45, 7) is 5.43. The number of alkyl carbamates (subject to hydrolysis) is 1. The number of hydrogen-bond acceptors (Lipinski definition) is 5. The van der Waals surface area contributed by atoms with Crippen molar-refractivity contribution in [3.63, 3.8) is 0 Å². The first-order chi connectivity index (χ1) is 14.3. The van der Waals surface area contributed by atoms with Crippen molar-refractivity contribution in [2.75, 3.05) is 0 Å². The van der Waals surface area contributed by atoms with E-state index in [9.17, 15) is 9.59 Å². The maximum atomic E-state index is 12.4. The minimum atomic E-state index is -0.618. The molecule has 7 heteroatoms. The number of rotatable bonds is 6. The average molecular weight is 409 g/mol. The number of carbonyl (C=O) groups is 2. The maximum absolute atomic E-state index is 12.4. The van der Waals surface area contributed by atoms with Crippen LogP contribution in [0.1, 0.15) is 31.9 Å². The van der Waals surface area contributed by atoms with Crippen LogP contribution in [0.5, 0.6) is 0 Å². The lowest BCUT2D eigenvalue weighted by molar-refractivity contribution is -0.123. The second-order valence-electron chi connectivity index (χ2n) is 8.22. The van der Waals surface area contributed by atoms with Crippen molar-refractivity contribution < 1.29 is 14.3 Å². The summed E-state index contributed by atoms with van der Waals surface area (Å²) in [7, 11) is 0. The molecule has 30 heavy (non-hydrogen) atoms. The van der Waals surface area contributed by atoms with Crippen molar-refractivity contribution in [2.24, 2.45) is 4.99 Å². The summed E-state index contributed by atoms with van der Waals surface area (Å²) >= 11 is 0.